The predicted octanol–water partition coefficient (Wildman–Crippen LogP) is 3.07. The average Bonchev–Trinajstić information content (AvgIpc) is 2.85. The van der Waals surface area contributed by atoms with E-state index < -0.39 is 21.0 Å². The number of benzene rings is 2. The molecule has 0 atom stereocenters. The monoisotopic (exact) mass is 465 g/mol. The third-order valence-electron chi connectivity index (χ3n) is 4.66. The number of carbonyl (C=O) groups is 1. The Morgan fingerprint density at radius 1 is 1.04 bits per heavy atom. The highest BCUT2D eigenvalue weighted by Gasteiger charge is 2.26. The van der Waals surface area contributed by atoms with Gasteiger partial charge in [0, 0.05) is 24.1 Å². The molecule has 0 saturated heterocycles. The number of aromatic nitrogens is 2. The smallest absolute Gasteiger partial charge is 0.321 e. The fourth-order valence-electron chi connectivity index (χ4n) is 2.91. The second-order valence-electron chi connectivity index (χ2n) is 6.79. The van der Waals surface area contributed by atoms with Gasteiger partial charge in [-0.15, -0.1) is 0 Å². The maximum Gasteiger partial charge on any atom is 0.328 e. The van der Waals surface area contributed by atoms with Crippen molar-refractivity contribution < 1.29 is 13.2 Å². The van der Waals surface area contributed by atoms with Crippen molar-refractivity contribution in [2.75, 3.05) is 5.32 Å². The van der Waals surface area contributed by atoms with Crippen LogP contribution in [-0.2, 0) is 23.9 Å². The van der Waals surface area contributed by atoms with Crippen LogP contribution in [0, 0.1) is 0 Å². The Kier molecular flexibility index (Phi) is 5.24. The van der Waals surface area contributed by atoms with Crippen LogP contribution in [0.5, 0.6) is 0 Å². The summed E-state index contributed by atoms with van der Waals surface area (Å²) in [7, 11) is -0.522. The Balaban J connectivity index is 2.21. The molecule has 2 aromatic carbocycles. The zero-order chi connectivity index (χ0) is 20.8. The number of carbonyl (C=O) groups excluding carboxylic acids is 1. The van der Waals surface area contributed by atoms with E-state index in [1.165, 1.54) is 21.3 Å². The van der Waals surface area contributed by atoms with E-state index in [0.717, 1.165) is 4.47 Å². The molecule has 0 saturated carbocycles. The number of hydrogen-bond donors (Lipinski definition) is 1. The Morgan fingerprint density at radius 3 is 2.11 bits per heavy atom. The first-order valence-electron chi connectivity index (χ1n) is 8.54. The van der Waals surface area contributed by atoms with Crippen molar-refractivity contribution in [3.05, 3.63) is 56.9 Å². The van der Waals surface area contributed by atoms with Gasteiger partial charge in [0.15, 0.2) is 9.84 Å². The van der Waals surface area contributed by atoms with Gasteiger partial charge in [-0.1, -0.05) is 15.9 Å². The van der Waals surface area contributed by atoms with E-state index in [1.807, 2.05) is 0 Å². The normalized spacial score (nSPS) is 11.9. The Labute approximate surface area is 171 Å². The van der Waals surface area contributed by atoms with E-state index >= 15 is 0 Å². The van der Waals surface area contributed by atoms with E-state index in [2.05, 4.69) is 21.2 Å². The molecule has 3 aromatic rings. The first-order valence-corrected chi connectivity index (χ1v) is 10.9. The van der Waals surface area contributed by atoms with Crippen LogP contribution in [0.25, 0.3) is 11.0 Å². The van der Waals surface area contributed by atoms with Gasteiger partial charge >= 0.3 is 5.69 Å². The molecule has 3 rings (SSSR count). The third-order valence-corrected chi connectivity index (χ3v) is 7.38. The lowest BCUT2D eigenvalue weighted by Crippen LogP contribution is -2.19. The van der Waals surface area contributed by atoms with E-state index in [1.54, 1.807) is 52.2 Å². The average molecular weight is 466 g/mol. The molecule has 1 heterocycles. The molecule has 1 aromatic heterocycles. The van der Waals surface area contributed by atoms with Gasteiger partial charge in [-0.3, -0.25) is 13.9 Å². The van der Waals surface area contributed by atoms with E-state index in [0.29, 0.717) is 16.6 Å². The second kappa shape index (κ2) is 7.21. The summed E-state index contributed by atoms with van der Waals surface area (Å²) >= 11 is 3.31. The van der Waals surface area contributed by atoms with Crippen molar-refractivity contribution >= 4 is 48.4 Å². The number of imidazole rings is 1. The number of halogens is 1. The summed E-state index contributed by atoms with van der Waals surface area (Å²) in [6, 6.07) is 9.70. The molecule has 0 unspecified atom stereocenters. The molecule has 0 spiro atoms. The maximum absolute atomic E-state index is 12.9. The number of anilines is 1. The van der Waals surface area contributed by atoms with Crippen LogP contribution >= 0.6 is 15.9 Å². The number of rotatable bonds is 4. The molecule has 7 nitrogen and oxygen atoms in total. The number of amides is 1. The summed E-state index contributed by atoms with van der Waals surface area (Å²) in [6.07, 6.45) is 0. The minimum Gasteiger partial charge on any atom is -0.321 e. The summed E-state index contributed by atoms with van der Waals surface area (Å²) in [5, 5.41) is 2.01. The van der Waals surface area contributed by atoms with Crippen LogP contribution in [-0.4, -0.2) is 28.7 Å². The van der Waals surface area contributed by atoms with Crippen LogP contribution in [0.3, 0.4) is 0 Å². The van der Waals surface area contributed by atoms with Crippen LogP contribution in [0.2, 0.25) is 0 Å². The Hall–Kier alpha value is -2.39. The topological polar surface area (TPSA) is 90.2 Å². The number of hydrogen-bond acceptors (Lipinski definition) is 4. The summed E-state index contributed by atoms with van der Waals surface area (Å²) in [6.45, 7) is 3.15. The third kappa shape index (κ3) is 3.40. The molecule has 0 fully saturated rings. The van der Waals surface area contributed by atoms with Crippen LogP contribution in [0.4, 0.5) is 5.69 Å². The molecular formula is C19H20BrN3O4S. The largest absolute Gasteiger partial charge is 0.328 e. The molecular weight excluding hydrogens is 446 g/mol. The zero-order valence-corrected chi connectivity index (χ0v) is 18.3. The highest BCUT2D eigenvalue weighted by Crippen LogP contribution is 2.30. The van der Waals surface area contributed by atoms with Crippen LogP contribution < -0.4 is 11.0 Å². The highest BCUT2D eigenvalue weighted by atomic mass is 79.9. The molecule has 0 aliphatic rings. The summed E-state index contributed by atoms with van der Waals surface area (Å²) < 4.78 is 29.4. The number of nitrogens with one attached hydrogen (secondary N) is 1. The van der Waals surface area contributed by atoms with E-state index in [4.69, 9.17) is 0 Å². The molecule has 0 radical (unpaired) electrons. The quantitative estimate of drug-likeness (QED) is 0.640. The number of fused-ring (bicyclic) bond motifs is 1. The standard InChI is InChI=1S/C19H20BrN3O4S/c1-11(2)28(26,27)17-10-16-15(22(3)19(25)23(16)4)9-14(17)21-18(24)12-5-7-13(20)8-6-12/h5-11H,1-4H3,(H,21,24). The van der Waals surface area contributed by atoms with Gasteiger partial charge in [0.05, 0.1) is 26.9 Å². The first-order chi connectivity index (χ1) is 13.0. The molecule has 148 valence electrons. The van der Waals surface area contributed by atoms with Crippen molar-refractivity contribution in [1.29, 1.82) is 0 Å². The SMILES string of the molecule is CC(C)S(=O)(=O)c1cc2c(cc1NC(=O)c1ccc(Br)cc1)n(C)c(=O)n2C. The fourth-order valence-corrected chi connectivity index (χ4v) is 4.37. The van der Waals surface area contributed by atoms with Gasteiger partial charge in [-0.2, -0.15) is 0 Å². The van der Waals surface area contributed by atoms with Crippen molar-refractivity contribution in [3.63, 3.8) is 0 Å². The van der Waals surface area contributed by atoms with Crippen molar-refractivity contribution in [1.82, 2.24) is 9.13 Å². The fraction of sp³-hybridized carbons (Fsp3) is 0.263. The lowest BCUT2D eigenvalue weighted by molar-refractivity contribution is 0.102. The summed E-state index contributed by atoms with van der Waals surface area (Å²) in [5.74, 6) is -0.437. The van der Waals surface area contributed by atoms with Gasteiger partial charge in [-0.05, 0) is 50.2 Å². The lowest BCUT2D eigenvalue weighted by atomic mass is 10.2. The summed E-state index contributed by atoms with van der Waals surface area (Å²) in [4.78, 5) is 24.9. The van der Waals surface area contributed by atoms with Crippen molar-refractivity contribution in [3.8, 4) is 0 Å². The highest BCUT2D eigenvalue weighted by molar-refractivity contribution is 9.10. The molecule has 1 N–H and O–H groups in total. The van der Waals surface area contributed by atoms with E-state index in [-0.39, 0.29) is 16.3 Å². The van der Waals surface area contributed by atoms with Gasteiger partial charge in [0.2, 0.25) is 0 Å². The molecule has 0 aliphatic carbocycles. The van der Waals surface area contributed by atoms with Crippen LogP contribution in [0.1, 0.15) is 24.2 Å². The van der Waals surface area contributed by atoms with Gasteiger partial charge < -0.3 is 5.32 Å². The molecule has 0 bridgehead atoms. The number of aryl methyl sites for hydroxylation is 2. The van der Waals surface area contributed by atoms with Crippen molar-refractivity contribution in [2.24, 2.45) is 14.1 Å². The van der Waals surface area contributed by atoms with Gasteiger partial charge in [-0.25, -0.2) is 13.2 Å². The Bertz CT molecular complexity index is 1240. The van der Waals surface area contributed by atoms with Gasteiger partial charge in [0.1, 0.15) is 0 Å². The minimum atomic E-state index is -3.70. The lowest BCUT2D eigenvalue weighted by Gasteiger charge is -2.15. The molecule has 1 amide bonds. The number of sulfone groups is 1. The predicted molar refractivity (Wildman–Crippen MR) is 113 cm³/mol. The first kappa shape index (κ1) is 20.3. The zero-order valence-electron chi connectivity index (χ0n) is 15.9. The molecule has 9 heteroatoms. The van der Waals surface area contributed by atoms with Crippen LogP contribution in [0.15, 0.2) is 50.6 Å². The summed E-state index contributed by atoms with van der Waals surface area (Å²) in [5.41, 5.74) is 1.27. The van der Waals surface area contributed by atoms with Gasteiger partial charge in [0.25, 0.3) is 5.91 Å². The van der Waals surface area contributed by atoms with E-state index in [9.17, 15) is 18.0 Å². The Morgan fingerprint density at radius 2 is 1.57 bits per heavy atom. The molecule has 28 heavy (non-hydrogen) atoms. The second-order valence-corrected chi connectivity index (χ2v) is 10.2. The van der Waals surface area contributed by atoms with Crippen molar-refractivity contribution in [2.45, 2.75) is 24.0 Å². The number of nitrogens with zero attached hydrogens (tertiary/aromatic N) is 2. The molecule has 0 aliphatic heterocycles. The maximum atomic E-state index is 12.9. The minimum absolute atomic E-state index is 0.0124.